The largest absolute Gasteiger partial charge is 1.00 e. The summed E-state index contributed by atoms with van der Waals surface area (Å²) < 4.78 is 0. The molecule has 148 valence electrons. The molecule has 0 aliphatic heterocycles. The molecule has 0 aromatic heterocycles. The monoisotopic (exact) mass is 410 g/mol. The molecular formula is C23H31KO4. The molecule has 3 unspecified atom stereocenters. The van der Waals surface area contributed by atoms with Crippen LogP contribution in [0.1, 0.15) is 71.6 Å². The van der Waals surface area contributed by atoms with E-state index >= 15 is 0 Å². The molecule has 0 aromatic carbocycles. The van der Waals surface area contributed by atoms with E-state index in [1.165, 1.54) is 5.57 Å². The fraction of sp³-hybridized carbons (Fsp3) is 0.826. The van der Waals surface area contributed by atoms with Crippen molar-refractivity contribution in [2.75, 3.05) is 0 Å². The van der Waals surface area contributed by atoms with E-state index in [1.807, 2.05) is 6.08 Å². The molecule has 4 fully saturated rings. The van der Waals surface area contributed by atoms with E-state index in [1.54, 1.807) is 0 Å². The van der Waals surface area contributed by atoms with E-state index in [0.717, 1.165) is 38.5 Å². The Morgan fingerprint density at radius 2 is 1.93 bits per heavy atom. The van der Waals surface area contributed by atoms with Gasteiger partial charge in [0, 0.05) is 12.4 Å². The van der Waals surface area contributed by atoms with Crippen LogP contribution < -0.4 is 56.5 Å². The van der Waals surface area contributed by atoms with Gasteiger partial charge in [-0.3, -0.25) is 4.79 Å². The van der Waals surface area contributed by atoms with Gasteiger partial charge in [0.05, 0.1) is 5.60 Å². The van der Waals surface area contributed by atoms with E-state index in [0.29, 0.717) is 42.3 Å². The number of aliphatic hydroxyl groups is 1. The SMILES string of the molecule is C[C@]12CCC(=O)C=C1CCC1C2CC[C@@]2(C)C1[C@@H]1C[C@@H]1[C@@]2(O)CCC(=O)[O-].[K+]. The molecule has 0 bridgehead atoms. The van der Waals surface area contributed by atoms with Gasteiger partial charge >= 0.3 is 51.4 Å². The van der Waals surface area contributed by atoms with Gasteiger partial charge in [0.2, 0.25) is 0 Å². The molecule has 0 saturated heterocycles. The molecule has 4 nitrogen and oxygen atoms in total. The smallest absolute Gasteiger partial charge is 0.550 e. The van der Waals surface area contributed by atoms with Gasteiger partial charge in [-0.15, -0.1) is 0 Å². The maximum atomic E-state index is 12.0. The zero-order valence-corrected chi connectivity index (χ0v) is 20.6. The van der Waals surface area contributed by atoms with Crippen molar-refractivity contribution in [2.45, 2.75) is 77.2 Å². The van der Waals surface area contributed by atoms with Gasteiger partial charge in [0.25, 0.3) is 0 Å². The molecule has 5 rings (SSSR count). The zero-order chi connectivity index (χ0) is 19.2. The molecule has 1 N–H and O–H groups in total. The van der Waals surface area contributed by atoms with E-state index in [-0.39, 0.29) is 74.6 Å². The molecule has 5 heteroatoms. The Morgan fingerprint density at radius 1 is 1.18 bits per heavy atom. The molecule has 28 heavy (non-hydrogen) atoms. The van der Waals surface area contributed by atoms with Gasteiger partial charge in [0.15, 0.2) is 5.78 Å². The van der Waals surface area contributed by atoms with E-state index in [4.69, 9.17) is 0 Å². The van der Waals surface area contributed by atoms with Crippen LogP contribution in [0.25, 0.3) is 0 Å². The van der Waals surface area contributed by atoms with Crippen LogP contribution >= 0.6 is 0 Å². The third-order valence-corrected chi connectivity index (χ3v) is 9.83. The molecule has 0 radical (unpaired) electrons. The predicted octanol–water partition coefficient (Wildman–Crippen LogP) is -0.361. The van der Waals surface area contributed by atoms with Gasteiger partial charge in [-0.25, -0.2) is 0 Å². The number of carboxylic acid groups (broad SMARTS) is 1. The van der Waals surface area contributed by atoms with Crippen LogP contribution in [0.2, 0.25) is 0 Å². The average molecular weight is 411 g/mol. The first-order chi connectivity index (χ1) is 12.7. The Kier molecular flexibility index (Phi) is 5.42. The second-order valence-corrected chi connectivity index (χ2v) is 10.6. The molecular weight excluding hydrogens is 379 g/mol. The first-order valence-corrected chi connectivity index (χ1v) is 10.9. The van der Waals surface area contributed by atoms with Crippen molar-refractivity contribution in [1.82, 2.24) is 0 Å². The predicted molar refractivity (Wildman–Crippen MR) is 98.3 cm³/mol. The normalized spacial score (nSPS) is 51.0. The standard InChI is InChI=1S/C23H32O4.K/c1-21-8-5-14(24)11-13(21)3-4-15-17(21)6-9-22(2)20(15)16-12-18(16)23(22,27)10-7-19(25)26;/h11,15-18,20,27H,3-10,12H2,1-2H3,(H,25,26);/q;+1/p-1/t15?,16-,17?,18+,20?,21+,22+,23+;/m1./s1. The third kappa shape index (κ3) is 2.79. The van der Waals surface area contributed by atoms with Gasteiger partial charge in [0.1, 0.15) is 0 Å². The number of carbonyl (C=O) groups excluding carboxylic acids is 2. The van der Waals surface area contributed by atoms with Crippen molar-refractivity contribution in [1.29, 1.82) is 0 Å². The average Bonchev–Trinajstić information content (AvgIpc) is 3.37. The fourth-order valence-corrected chi connectivity index (χ4v) is 8.45. The van der Waals surface area contributed by atoms with Crippen molar-refractivity contribution in [3.63, 3.8) is 0 Å². The van der Waals surface area contributed by atoms with Gasteiger partial charge in [-0.05, 0) is 97.9 Å². The molecule has 0 aromatic rings. The van der Waals surface area contributed by atoms with Crippen LogP contribution in [0.5, 0.6) is 0 Å². The number of aliphatic carboxylic acids is 1. The minimum absolute atomic E-state index is 0. The summed E-state index contributed by atoms with van der Waals surface area (Å²) in [6, 6.07) is 0. The van der Waals surface area contributed by atoms with E-state index in [2.05, 4.69) is 13.8 Å². The quantitative estimate of drug-likeness (QED) is 0.645. The van der Waals surface area contributed by atoms with Crippen LogP contribution in [-0.2, 0) is 9.59 Å². The number of carbonyl (C=O) groups is 2. The maximum Gasteiger partial charge on any atom is 1.00 e. The van der Waals surface area contributed by atoms with Crippen molar-refractivity contribution >= 4 is 11.8 Å². The Labute approximate surface area is 210 Å². The molecule has 5 aliphatic rings. The van der Waals surface area contributed by atoms with Crippen LogP contribution in [0.15, 0.2) is 11.6 Å². The summed E-state index contributed by atoms with van der Waals surface area (Å²) in [5.74, 6) is 1.80. The summed E-state index contributed by atoms with van der Waals surface area (Å²) >= 11 is 0. The summed E-state index contributed by atoms with van der Waals surface area (Å²) in [5.41, 5.74) is 0.515. The minimum Gasteiger partial charge on any atom is -0.550 e. The molecule has 0 amide bonds. The van der Waals surface area contributed by atoms with E-state index in [9.17, 15) is 19.8 Å². The Hall–Kier alpha value is 0.476. The van der Waals surface area contributed by atoms with Crippen molar-refractivity contribution in [2.24, 2.45) is 40.4 Å². The van der Waals surface area contributed by atoms with Crippen LogP contribution in [0.3, 0.4) is 0 Å². The summed E-state index contributed by atoms with van der Waals surface area (Å²) in [5, 5.41) is 22.8. The maximum absolute atomic E-state index is 12.0. The molecule has 0 heterocycles. The molecule has 5 aliphatic carbocycles. The summed E-state index contributed by atoms with van der Waals surface area (Å²) in [4.78, 5) is 23.0. The second kappa shape index (κ2) is 6.99. The number of carboxylic acids is 1. The van der Waals surface area contributed by atoms with Crippen LogP contribution in [0, 0.1) is 40.4 Å². The number of fused-ring (bicyclic) bond motifs is 7. The van der Waals surface area contributed by atoms with E-state index < -0.39 is 11.6 Å². The summed E-state index contributed by atoms with van der Waals surface area (Å²) in [7, 11) is 0. The zero-order valence-electron chi connectivity index (χ0n) is 17.5. The number of hydrogen-bond acceptors (Lipinski definition) is 4. The Bertz CT molecular complexity index is 747. The van der Waals surface area contributed by atoms with Gasteiger partial charge in [-0.1, -0.05) is 19.4 Å². The number of ketones is 1. The number of rotatable bonds is 3. The van der Waals surface area contributed by atoms with Crippen LogP contribution in [-0.4, -0.2) is 22.5 Å². The molecule has 8 atom stereocenters. The molecule has 0 spiro atoms. The second-order valence-electron chi connectivity index (χ2n) is 10.6. The minimum atomic E-state index is -1.05. The summed E-state index contributed by atoms with van der Waals surface area (Å²) in [6.07, 6.45) is 9.17. The molecule has 4 saturated carbocycles. The first-order valence-electron chi connectivity index (χ1n) is 10.9. The Balaban J connectivity index is 0.00000192. The topological polar surface area (TPSA) is 77.4 Å². The van der Waals surface area contributed by atoms with Crippen molar-refractivity contribution in [3.05, 3.63) is 11.6 Å². The van der Waals surface area contributed by atoms with Crippen LogP contribution in [0.4, 0.5) is 0 Å². The van der Waals surface area contributed by atoms with Gasteiger partial charge < -0.3 is 15.0 Å². The van der Waals surface area contributed by atoms with Crippen molar-refractivity contribution < 1.29 is 71.2 Å². The van der Waals surface area contributed by atoms with Crippen molar-refractivity contribution in [3.8, 4) is 0 Å². The first kappa shape index (κ1) is 21.7. The number of allylic oxidation sites excluding steroid dienone is 1. The third-order valence-electron chi connectivity index (χ3n) is 9.83. The summed E-state index contributed by atoms with van der Waals surface area (Å²) in [6.45, 7) is 4.62. The number of hydrogen-bond donors (Lipinski definition) is 1. The van der Waals surface area contributed by atoms with Gasteiger partial charge in [-0.2, -0.15) is 0 Å². The fourth-order valence-electron chi connectivity index (χ4n) is 8.45. The Morgan fingerprint density at radius 3 is 2.64 bits per heavy atom.